The van der Waals surface area contributed by atoms with E-state index in [4.69, 9.17) is 0 Å². The molecule has 0 spiro atoms. The summed E-state index contributed by atoms with van der Waals surface area (Å²) in [5, 5.41) is 28.2. The number of nitrogens with one attached hydrogen (secondary N) is 1. The Morgan fingerprint density at radius 3 is 2.65 bits per heavy atom. The maximum Gasteiger partial charge on any atom is 0.333 e. The number of aliphatic hydroxyl groups excluding tert-OH is 1. The molecule has 1 heterocycles. The Morgan fingerprint density at radius 1 is 1.50 bits per heavy atom. The molecule has 1 aliphatic rings. The molecule has 112 valence electrons. The number of aromatic nitrogens is 2. The van der Waals surface area contributed by atoms with Gasteiger partial charge in [-0.15, -0.1) is 0 Å². The molecule has 0 amide bonds. The van der Waals surface area contributed by atoms with Crippen LogP contribution in [0.1, 0.15) is 38.3 Å². The lowest BCUT2D eigenvalue weighted by Crippen LogP contribution is -2.31. The fraction of sp³-hybridized carbons (Fsp3) is 0.769. The largest absolute Gasteiger partial charge is 0.396 e. The molecule has 7 heteroatoms. The lowest BCUT2D eigenvalue weighted by Gasteiger charge is -2.26. The summed E-state index contributed by atoms with van der Waals surface area (Å²) in [6.07, 6.45) is 4.66. The molecule has 1 aromatic heterocycles. The third-order valence-corrected chi connectivity index (χ3v) is 4.24. The van der Waals surface area contributed by atoms with Gasteiger partial charge in [0.1, 0.15) is 5.69 Å². The predicted molar refractivity (Wildman–Crippen MR) is 75.7 cm³/mol. The lowest BCUT2D eigenvalue weighted by molar-refractivity contribution is -0.384. The van der Waals surface area contributed by atoms with E-state index in [1.165, 1.54) is 4.68 Å². The molecular weight excluding hydrogens is 260 g/mol. The number of nitro groups is 1. The molecule has 1 aliphatic carbocycles. The Kier molecular flexibility index (Phi) is 4.27. The topological polar surface area (TPSA) is 93.2 Å². The molecule has 7 nitrogen and oxygen atoms in total. The van der Waals surface area contributed by atoms with E-state index in [9.17, 15) is 15.2 Å². The van der Waals surface area contributed by atoms with Gasteiger partial charge in [0.15, 0.2) is 0 Å². The second kappa shape index (κ2) is 5.78. The molecular formula is C13H22N4O3. The summed E-state index contributed by atoms with van der Waals surface area (Å²) in [5.74, 6) is 0.437. The highest BCUT2D eigenvalue weighted by Gasteiger charge is 2.34. The van der Waals surface area contributed by atoms with E-state index in [1.54, 1.807) is 7.05 Å². The van der Waals surface area contributed by atoms with Gasteiger partial charge in [-0.1, -0.05) is 19.8 Å². The fourth-order valence-corrected chi connectivity index (χ4v) is 2.98. The van der Waals surface area contributed by atoms with Crippen LogP contribution in [0, 0.1) is 15.5 Å². The normalized spacial score (nSPS) is 17.4. The van der Waals surface area contributed by atoms with Crippen LogP contribution < -0.4 is 5.32 Å². The van der Waals surface area contributed by atoms with Crippen molar-refractivity contribution in [3.8, 4) is 0 Å². The molecule has 1 aromatic rings. The summed E-state index contributed by atoms with van der Waals surface area (Å²) in [5.41, 5.74) is 0.399. The van der Waals surface area contributed by atoms with Crippen molar-refractivity contribution in [1.82, 2.24) is 9.78 Å². The van der Waals surface area contributed by atoms with Crippen molar-refractivity contribution in [2.75, 3.05) is 18.5 Å². The molecule has 0 aromatic carbocycles. The van der Waals surface area contributed by atoms with Gasteiger partial charge < -0.3 is 10.4 Å². The van der Waals surface area contributed by atoms with Gasteiger partial charge in [0, 0.05) is 19.0 Å². The average molecular weight is 282 g/mol. The van der Waals surface area contributed by atoms with Crippen molar-refractivity contribution in [2.45, 2.75) is 39.0 Å². The van der Waals surface area contributed by atoms with Gasteiger partial charge in [-0.05, 0) is 19.3 Å². The summed E-state index contributed by atoms with van der Waals surface area (Å²) in [6, 6.07) is 0. The third kappa shape index (κ3) is 2.63. The highest BCUT2D eigenvalue weighted by molar-refractivity contribution is 5.59. The van der Waals surface area contributed by atoms with Crippen LogP contribution in [0.5, 0.6) is 0 Å². The van der Waals surface area contributed by atoms with E-state index in [2.05, 4.69) is 10.4 Å². The highest BCUT2D eigenvalue weighted by Crippen LogP contribution is 2.38. The smallest absolute Gasteiger partial charge is 0.333 e. The minimum atomic E-state index is -0.381. The highest BCUT2D eigenvalue weighted by atomic mass is 16.6. The number of aliphatic hydroxyl groups is 1. The standard InChI is InChI=1S/C13H22N4O3/c1-3-10-11(17(19)20)12(16(2)15-10)14-8-13(9-18)6-4-5-7-13/h14,18H,3-9H2,1-2H3. The van der Waals surface area contributed by atoms with E-state index >= 15 is 0 Å². The molecule has 2 N–H and O–H groups in total. The van der Waals surface area contributed by atoms with E-state index in [0.29, 0.717) is 24.5 Å². The molecule has 0 radical (unpaired) electrons. The molecule has 20 heavy (non-hydrogen) atoms. The zero-order valence-corrected chi connectivity index (χ0v) is 12.1. The number of anilines is 1. The second-order valence-corrected chi connectivity index (χ2v) is 5.60. The molecule has 0 bridgehead atoms. The Labute approximate surface area is 118 Å². The molecule has 0 atom stereocenters. The summed E-state index contributed by atoms with van der Waals surface area (Å²) in [6.45, 7) is 2.52. The lowest BCUT2D eigenvalue weighted by atomic mass is 9.87. The Balaban J connectivity index is 2.20. The van der Waals surface area contributed by atoms with Gasteiger partial charge in [0.2, 0.25) is 5.82 Å². The van der Waals surface area contributed by atoms with Crippen LogP contribution in [-0.4, -0.2) is 33.0 Å². The van der Waals surface area contributed by atoms with E-state index < -0.39 is 0 Å². The predicted octanol–water partition coefficient (Wildman–Crippen LogP) is 1.86. The maximum absolute atomic E-state index is 11.2. The minimum Gasteiger partial charge on any atom is -0.396 e. The van der Waals surface area contributed by atoms with E-state index in [1.807, 2.05) is 6.92 Å². The van der Waals surface area contributed by atoms with Crippen LogP contribution in [-0.2, 0) is 13.5 Å². The first-order valence-electron chi connectivity index (χ1n) is 7.08. The fourth-order valence-electron chi connectivity index (χ4n) is 2.98. The van der Waals surface area contributed by atoms with Gasteiger partial charge in [0.05, 0.1) is 11.5 Å². The number of hydrogen-bond acceptors (Lipinski definition) is 5. The Hall–Kier alpha value is -1.63. The monoisotopic (exact) mass is 282 g/mol. The van der Waals surface area contributed by atoms with Crippen LogP contribution >= 0.6 is 0 Å². The first-order chi connectivity index (χ1) is 9.53. The van der Waals surface area contributed by atoms with Gasteiger partial charge in [-0.2, -0.15) is 5.10 Å². The van der Waals surface area contributed by atoms with Gasteiger partial charge in [0.25, 0.3) is 0 Å². The molecule has 2 rings (SSSR count). The van der Waals surface area contributed by atoms with Crippen LogP contribution in [0.15, 0.2) is 0 Å². The van der Waals surface area contributed by atoms with Crippen molar-refractivity contribution < 1.29 is 10.0 Å². The quantitative estimate of drug-likeness (QED) is 0.613. The number of hydrogen-bond donors (Lipinski definition) is 2. The van der Waals surface area contributed by atoms with Gasteiger partial charge in [-0.3, -0.25) is 10.1 Å². The number of rotatable bonds is 6. The van der Waals surface area contributed by atoms with Crippen LogP contribution in [0.25, 0.3) is 0 Å². The average Bonchev–Trinajstić information content (AvgIpc) is 3.01. The van der Waals surface area contributed by atoms with Crippen molar-refractivity contribution >= 4 is 11.5 Å². The summed E-state index contributed by atoms with van der Waals surface area (Å²) >= 11 is 0. The Morgan fingerprint density at radius 2 is 2.15 bits per heavy atom. The summed E-state index contributed by atoms with van der Waals surface area (Å²) in [4.78, 5) is 10.8. The molecule has 0 saturated heterocycles. The first kappa shape index (κ1) is 14.8. The molecule has 1 fully saturated rings. The van der Waals surface area contributed by atoms with Gasteiger partial charge >= 0.3 is 5.69 Å². The first-order valence-corrected chi connectivity index (χ1v) is 7.08. The molecule has 0 aliphatic heterocycles. The van der Waals surface area contributed by atoms with E-state index in [-0.39, 0.29) is 22.6 Å². The van der Waals surface area contributed by atoms with Gasteiger partial charge in [-0.25, -0.2) is 4.68 Å². The zero-order chi connectivity index (χ0) is 14.8. The number of nitrogens with zero attached hydrogens (tertiary/aromatic N) is 3. The summed E-state index contributed by atoms with van der Waals surface area (Å²) < 4.78 is 1.52. The minimum absolute atomic E-state index is 0.0566. The van der Waals surface area contributed by atoms with Crippen LogP contribution in [0.3, 0.4) is 0 Å². The van der Waals surface area contributed by atoms with Crippen LogP contribution in [0.4, 0.5) is 11.5 Å². The van der Waals surface area contributed by atoms with Crippen molar-refractivity contribution in [3.05, 3.63) is 15.8 Å². The zero-order valence-electron chi connectivity index (χ0n) is 12.1. The second-order valence-electron chi connectivity index (χ2n) is 5.60. The van der Waals surface area contributed by atoms with Crippen molar-refractivity contribution in [2.24, 2.45) is 12.5 Å². The molecule has 1 saturated carbocycles. The third-order valence-electron chi connectivity index (χ3n) is 4.24. The Bertz CT molecular complexity index is 492. The maximum atomic E-state index is 11.2. The molecule has 0 unspecified atom stereocenters. The van der Waals surface area contributed by atoms with E-state index in [0.717, 1.165) is 25.7 Å². The van der Waals surface area contributed by atoms with Crippen LogP contribution in [0.2, 0.25) is 0 Å². The SMILES string of the molecule is CCc1nn(C)c(NCC2(CO)CCCC2)c1[N+](=O)[O-]. The summed E-state index contributed by atoms with van der Waals surface area (Å²) in [7, 11) is 1.70. The van der Waals surface area contributed by atoms with Crippen molar-refractivity contribution in [3.63, 3.8) is 0 Å². The number of aryl methyl sites for hydroxylation is 2. The van der Waals surface area contributed by atoms with Crippen molar-refractivity contribution in [1.29, 1.82) is 0 Å².